The van der Waals surface area contributed by atoms with Crippen LogP contribution in [0.4, 0.5) is 16.2 Å². The second-order valence-corrected chi connectivity index (χ2v) is 5.25. The van der Waals surface area contributed by atoms with Crippen molar-refractivity contribution in [2.75, 3.05) is 16.5 Å². The number of hydrogen-bond acceptors (Lipinski definition) is 3. The van der Waals surface area contributed by atoms with Gasteiger partial charge in [-0.15, -0.1) is 11.6 Å². The Labute approximate surface area is 143 Å². The van der Waals surface area contributed by atoms with Crippen molar-refractivity contribution in [3.8, 4) is 0 Å². The summed E-state index contributed by atoms with van der Waals surface area (Å²) in [4.78, 5) is 23.2. The summed E-state index contributed by atoms with van der Waals surface area (Å²) < 4.78 is 5.15. The lowest BCUT2D eigenvalue weighted by molar-refractivity contribution is -0.113. The summed E-state index contributed by atoms with van der Waals surface area (Å²) in [6.07, 6.45) is -0.606. The van der Waals surface area contributed by atoms with Crippen molar-refractivity contribution in [3.05, 3.63) is 59.1 Å². The first kappa shape index (κ1) is 17.1. The number of rotatable bonds is 5. The Morgan fingerprint density at radius 2 is 1.70 bits per heavy atom. The molecule has 0 bridgehead atoms. The Kier molecular flexibility index (Phi) is 6.26. The molecule has 0 saturated heterocycles. The van der Waals surface area contributed by atoms with Gasteiger partial charge in [-0.05, 0) is 30.3 Å². The minimum Gasteiger partial charge on any atom is -0.444 e. The largest absolute Gasteiger partial charge is 0.444 e. The summed E-state index contributed by atoms with van der Waals surface area (Å²) in [5.41, 5.74) is 1.79. The molecule has 0 fully saturated rings. The molecule has 0 aliphatic rings. The quantitative estimate of drug-likeness (QED) is 0.789. The number of halogens is 2. The van der Waals surface area contributed by atoms with Crippen LogP contribution in [0.15, 0.2) is 48.5 Å². The van der Waals surface area contributed by atoms with Gasteiger partial charge in [-0.2, -0.15) is 0 Å². The number of carbonyl (C=O) groups is 2. The van der Waals surface area contributed by atoms with E-state index < -0.39 is 6.09 Å². The molecule has 0 spiro atoms. The van der Waals surface area contributed by atoms with Crippen LogP contribution in [-0.2, 0) is 16.1 Å². The van der Waals surface area contributed by atoms with Crippen molar-refractivity contribution in [3.63, 3.8) is 0 Å². The molecule has 0 aliphatic carbocycles. The van der Waals surface area contributed by atoms with E-state index in [1.807, 2.05) is 0 Å². The van der Waals surface area contributed by atoms with Crippen LogP contribution in [-0.4, -0.2) is 17.9 Å². The van der Waals surface area contributed by atoms with Gasteiger partial charge in [0.15, 0.2) is 0 Å². The van der Waals surface area contributed by atoms with Gasteiger partial charge < -0.3 is 10.1 Å². The Balaban J connectivity index is 1.93. The average Bonchev–Trinajstić information content (AvgIpc) is 2.56. The second kappa shape index (κ2) is 8.41. The molecule has 2 rings (SSSR count). The number of nitrogens with one attached hydrogen (secondary N) is 2. The van der Waals surface area contributed by atoms with Crippen molar-refractivity contribution in [1.29, 1.82) is 0 Å². The van der Waals surface area contributed by atoms with Crippen LogP contribution >= 0.6 is 23.2 Å². The average molecular weight is 353 g/mol. The molecule has 2 amide bonds. The summed E-state index contributed by atoms with van der Waals surface area (Å²) in [5.74, 6) is -0.476. The molecule has 0 aromatic heterocycles. The maximum atomic E-state index is 11.8. The molecule has 2 N–H and O–H groups in total. The van der Waals surface area contributed by atoms with E-state index in [0.29, 0.717) is 22.0 Å². The lowest BCUT2D eigenvalue weighted by Gasteiger charge is -2.11. The third-order valence-corrected chi connectivity index (χ3v) is 3.36. The summed E-state index contributed by atoms with van der Waals surface area (Å²) >= 11 is 11.2. The van der Waals surface area contributed by atoms with Crippen LogP contribution in [0.1, 0.15) is 5.56 Å². The molecule has 120 valence electrons. The number of benzene rings is 2. The third kappa shape index (κ3) is 5.47. The molecule has 23 heavy (non-hydrogen) atoms. The van der Waals surface area contributed by atoms with E-state index in [1.54, 1.807) is 48.5 Å². The maximum Gasteiger partial charge on any atom is 0.411 e. The zero-order valence-corrected chi connectivity index (χ0v) is 13.5. The lowest BCUT2D eigenvalue weighted by atomic mass is 10.2. The summed E-state index contributed by atoms with van der Waals surface area (Å²) in [6.45, 7) is 0.0121. The predicted octanol–water partition coefficient (Wildman–Crippen LogP) is 4.27. The molecule has 2 aromatic rings. The third-order valence-electron chi connectivity index (χ3n) is 2.86. The number of anilines is 2. The Morgan fingerprint density at radius 1 is 1.00 bits per heavy atom. The summed E-state index contributed by atoms with van der Waals surface area (Å²) in [5, 5.41) is 5.80. The van der Waals surface area contributed by atoms with E-state index in [-0.39, 0.29) is 18.4 Å². The lowest BCUT2D eigenvalue weighted by Crippen LogP contribution is -2.16. The Morgan fingerprint density at radius 3 is 2.39 bits per heavy atom. The van der Waals surface area contributed by atoms with Gasteiger partial charge in [0.25, 0.3) is 0 Å². The molecule has 0 radical (unpaired) electrons. The van der Waals surface area contributed by atoms with Crippen LogP contribution in [0.3, 0.4) is 0 Å². The van der Waals surface area contributed by atoms with E-state index in [0.717, 1.165) is 0 Å². The van der Waals surface area contributed by atoms with Crippen LogP contribution in [0, 0.1) is 0 Å². The standard InChI is InChI=1S/C16H14Cl2N2O3/c17-9-15(21)20-14-4-2-1-3-11(14)10-23-16(22)19-13-7-5-12(18)6-8-13/h1-8H,9-10H2,(H,19,22)(H,20,21). The number of amides is 2. The molecule has 5 nitrogen and oxygen atoms in total. The molecule has 2 aromatic carbocycles. The van der Waals surface area contributed by atoms with Gasteiger partial charge in [-0.1, -0.05) is 29.8 Å². The first-order chi connectivity index (χ1) is 11.1. The van der Waals surface area contributed by atoms with Gasteiger partial charge in [0, 0.05) is 22.0 Å². The highest BCUT2D eigenvalue weighted by atomic mass is 35.5. The van der Waals surface area contributed by atoms with E-state index in [2.05, 4.69) is 10.6 Å². The molecule has 0 unspecified atom stereocenters. The summed E-state index contributed by atoms with van der Waals surface area (Å²) in [6, 6.07) is 13.7. The number of para-hydroxylation sites is 1. The van der Waals surface area contributed by atoms with Gasteiger partial charge in [0.2, 0.25) is 5.91 Å². The van der Waals surface area contributed by atoms with E-state index in [1.165, 1.54) is 0 Å². The topological polar surface area (TPSA) is 67.4 Å². The fraction of sp³-hybridized carbons (Fsp3) is 0.125. The zero-order valence-electron chi connectivity index (χ0n) is 12.0. The van der Waals surface area contributed by atoms with Crippen LogP contribution in [0.5, 0.6) is 0 Å². The summed E-state index contributed by atoms with van der Waals surface area (Å²) in [7, 11) is 0. The molecule has 0 aliphatic heterocycles. The van der Waals surface area contributed by atoms with E-state index in [9.17, 15) is 9.59 Å². The highest BCUT2D eigenvalue weighted by Crippen LogP contribution is 2.17. The SMILES string of the molecule is O=C(CCl)Nc1ccccc1COC(=O)Nc1ccc(Cl)cc1. The molecule has 0 heterocycles. The van der Waals surface area contributed by atoms with Crippen molar-refractivity contribution in [2.45, 2.75) is 6.61 Å². The van der Waals surface area contributed by atoms with E-state index >= 15 is 0 Å². The zero-order chi connectivity index (χ0) is 16.7. The number of ether oxygens (including phenoxy) is 1. The highest BCUT2D eigenvalue weighted by Gasteiger charge is 2.08. The first-order valence-electron chi connectivity index (χ1n) is 6.71. The highest BCUT2D eigenvalue weighted by molar-refractivity contribution is 6.30. The fourth-order valence-corrected chi connectivity index (χ4v) is 1.97. The van der Waals surface area contributed by atoms with Crippen LogP contribution in [0.25, 0.3) is 0 Å². The number of alkyl halides is 1. The Hall–Kier alpha value is -2.24. The molecule has 0 atom stereocenters. The van der Waals surface area contributed by atoms with Crippen molar-refractivity contribution < 1.29 is 14.3 Å². The second-order valence-electron chi connectivity index (χ2n) is 4.55. The number of hydrogen-bond donors (Lipinski definition) is 2. The van der Waals surface area contributed by atoms with Crippen molar-refractivity contribution >= 4 is 46.6 Å². The van der Waals surface area contributed by atoms with Gasteiger partial charge in [-0.25, -0.2) is 4.79 Å². The normalized spacial score (nSPS) is 10.0. The minimum absolute atomic E-state index is 0.0121. The van der Waals surface area contributed by atoms with Crippen LogP contribution in [0.2, 0.25) is 5.02 Å². The minimum atomic E-state index is -0.606. The van der Waals surface area contributed by atoms with Gasteiger partial charge in [0.1, 0.15) is 12.5 Å². The monoisotopic (exact) mass is 352 g/mol. The smallest absolute Gasteiger partial charge is 0.411 e. The van der Waals surface area contributed by atoms with Gasteiger partial charge in [0.05, 0.1) is 0 Å². The molecule has 0 saturated carbocycles. The Bertz CT molecular complexity index is 690. The van der Waals surface area contributed by atoms with Crippen molar-refractivity contribution in [2.24, 2.45) is 0 Å². The number of carbonyl (C=O) groups excluding carboxylic acids is 2. The van der Waals surface area contributed by atoms with Crippen molar-refractivity contribution in [1.82, 2.24) is 0 Å². The maximum absolute atomic E-state index is 11.8. The van der Waals surface area contributed by atoms with Crippen LogP contribution < -0.4 is 10.6 Å². The van der Waals surface area contributed by atoms with E-state index in [4.69, 9.17) is 27.9 Å². The molecular formula is C16H14Cl2N2O3. The van der Waals surface area contributed by atoms with Gasteiger partial charge >= 0.3 is 6.09 Å². The molecule has 7 heteroatoms. The van der Waals surface area contributed by atoms with Gasteiger partial charge in [-0.3, -0.25) is 10.1 Å². The molecular weight excluding hydrogens is 339 g/mol. The predicted molar refractivity (Wildman–Crippen MR) is 91.1 cm³/mol. The first-order valence-corrected chi connectivity index (χ1v) is 7.63. The fourth-order valence-electron chi connectivity index (χ4n) is 1.78.